The number of benzene rings is 2. The lowest BCUT2D eigenvalue weighted by atomic mass is 10.1. The molecule has 1 aromatic heterocycles. The molecule has 0 radical (unpaired) electrons. The van der Waals surface area contributed by atoms with E-state index in [9.17, 15) is 5.26 Å². The van der Waals surface area contributed by atoms with Gasteiger partial charge in [0, 0.05) is 17.1 Å². The van der Waals surface area contributed by atoms with E-state index in [0.29, 0.717) is 36.0 Å². The molecule has 0 spiro atoms. The van der Waals surface area contributed by atoms with E-state index in [2.05, 4.69) is 6.07 Å². The third-order valence-corrected chi connectivity index (χ3v) is 4.43. The molecule has 5 heteroatoms. The van der Waals surface area contributed by atoms with E-state index in [1.807, 2.05) is 60.0 Å². The van der Waals surface area contributed by atoms with Gasteiger partial charge >= 0.3 is 0 Å². The summed E-state index contributed by atoms with van der Waals surface area (Å²) in [7, 11) is 0. The zero-order valence-electron chi connectivity index (χ0n) is 14.6. The first-order valence-electron chi connectivity index (χ1n) is 8.38. The highest BCUT2D eigenvalue weighted by Crippen LogP contribution is 2.23. The number of nitrogens with zero attached hydrogens (tertiary/aromatic N) is 2. The van der Waals surface area contributed by atoms with Gasteiger partial charge in [-0.15, -0.1) is 0 Å². The van der Waals surface area contributed by atoms with Gasteiger partial charge in [-0.2, -0.15) is 5.26 Å². The summed E-state index contributed by atoms with van der Waals surface area (Å²) in [6.45, 7) is 3.02. The Morgan fingerprint density at radius 3 is 2.69 bits per heavy atom. The highest BCUT2D eigenvalue weighted by atomic mass is 35.5. The number of hydrogen-bond donors (Lipinski definition) is 1. The second-order valence-corrected chi connectivity index (χ2v) is 6.60. The van der Waals surface area contributed by atoms with Gasteiger partial charge in [0.25, 0.3) is 0 Å². The largest absolute Gasteiger partial charge is 0.492 e. The first-order chi connectivity index (χ1) is 12.6. The standard InChI is InChI=1S/C21H20ClN3O/c1-15-4-2-7-19(10-15)26-9-8-25-18(14-23)13-20(24)21(25)12-16-5-3-6-17(22)11-16/h2-7,10-11,13H,8-9,12,24H2,1H3. The maximum atomic E-state index is 9.43. The zero-order chi connectivity index (χ0) is 18.5. The highest BCUT2D eigenvalue weighted by Gasteiger charge is 2.14. The smallest absolute Gasteiger partial charge is 0.122 e. The molecule has 0 aliphatic heterocycles. The van der Waals surface area contributed by atoms with Crippen molar-refractivity contribution in [3.63, 3.8) is 0 Å². The van der Waals surface area contributed by atoms with Crippen LogP contribution in [0.5, 0.6) is 5.75 Å². The molecule has 26 heavy (non-hydrogen) atoms. The Bertz CT molecular complexity index is 956. The van der Waals surface area contributed by atoms with E-state index < -0.39 is 0 Å². The van der Waals surface area contributed by atoms with Crippen LogP contribution in [0.1, 0.15) is 22.5 Å². The minimum atomic E-state index is 0.453. The molecule has 0 unspecified atom stereocenters. The maximum absolute atomic E-state index is 9.43. The van der Waals surface area contributed by atoms with Crippen LogP contribution in [0.15, 0.2) is 54.6 Å². The monoisotopic (exact) mass is 365 g/mol. The third-order valence-electron chi connectivity index (χ3n) is 4.19. The number of hydrogen-bond acceptors (Lipinski definition) is 3. The number of halogens is 1. The van der Waals surface area contributed by atoms with E-state index in [4.69, 9.17) is 22.1 Å². The zero-order valence-corrected chi connectivity index (χ0v) is 15.3. The van der Waals surface area contributed by atoms with Crippen LogP contribution in [0.4, 0.5) is 5.69 Å². The average Bonchev–Trinajstić information content (AvgIpc) is 2.91. The molecule has 1 heterocycles. The summed E-state index contributed by atoms with van der Waals surface area (Å²) >= 11 is 6.08. The fourth-order valence-electron chi connectivity index (χ4n) is 2.96. The number of nitrogens with two attached hydrogens (primary N) is 1. The molecule has 4 nitrogen and oxygen atoms in total. The summed E-state index contributed by atoms with van der Waals surface area (Å²) in [5, 5.41) is 10.1. The summed E-state index contributed by atoms with van der Waals surface area (Å²) in [5.74, 6) is 0.819. The van der Waals surface area contributed by atoms with Crippen molar-refractivity contribution in [3.8, 4) is 11.8 Å². The molecule has 2 N–H and O–H groups in total. The maximum Gasteiger partial charge on any atom is 0.122 e. The first kappa shape index (κ1) is 17.9. The van der Waals surface area contributed by atoms with Crippen molar-refractivity contribution in [3.05, 3.63) is 82.1 Å². The number of rotatable bonds is 6. The van der Waals surface area contributed by atoms with Gasteiger partial charge in [-0.1, -0.05) is 35.9 Å². The predicted molar refractivity (Wildman–Crippen MR) is 104 cm³/mol. The number of aryl methyl sites for hydroxylation is 1. The minimum Gasteiger partial charge on any atom is -0.492 e. The van der Waals surface area contributed by atoms with Gasteiger partial charge in [-0.25, -0.2) is 0 Å². The molecule has 2 aromatic carbocycles. The predicted octanol–water partition coefficient (Wildman–Crippen LogP) is 4.57. The van der Waals surface area contributed by atoms with Crippen LogP contribution in [0.25, 0.3) is 0 Å². The molecule has 0 saturated heterocycles. The van der Waals surface area contributed by atoms with Gasteiger partial charge in [0.15, 0.2) is 0 Å². The molecule has 3 rings (SSSR count). The number of aromatic nitrogens is 1. The van der Waals surface area contributed by atoms with Crippen LogP contribution in [0, 0.1) is 18.3 Å². The number of nitrogen functional groups attached to an aromatic ring is 1. The summed E-state index contributed by atoms with van der Waals surface area (Å²) in [6, 6.07) is 19.5. The molecule has 0 amide bonds. The molecule has 0 aliphatic carbocycles. The van der Waals surface area contributed by atoms with E-state index in [1.54, 1.807) is 6.07 Å². The van der Waals surface area contributed by atoms with E-state index in [0.717, 1.165) is 22.6 Å². The highest BCUT2D eigenvalue weighted by molar-refractivity contribution is 6.30. The molecule has 132 valence electrons. The molecule has 0 fully saturated rings. The van der Waals surface area contributed by atoms with Crippen LogP contribution in [0.3, 0.4) is 0 Å². The fourth-order valence-corrected chi connectivity index (χ4v) is 3.17. The number of ether oxygens (including phenoxy) is 1. The summed E-state index contributed by atoms with van der Waals surface area (Å²) in [5.41, 5.74) is 10.4. The second-order valence-electron chi connectivity index (χ2n) is 6.17. The summed E-state index contributed by atoms with van der Waals surface area (Å²) in [6.07, 6.45) is 0.610. The molecule has 0 atom stereocenters. The first-order valence-corrected chi connectivity index (χ1v) is 8.76. The molecule has 3 aromatic rings. The van der Waals surface area contributed by atoms with E-state index >= 15 is 0 Å². The number of anilines is 1. The molecular formula is C21H20ClN3O. The Morgan fingerprint density at radius 1 is 1.15 bits per heavy atom. The normalized spacial score (nSPS) is 10.5. The lowest BCUT2D eigenvalue weighted by molar-refractivity contribution is 0.296. The number of nitriles is 1. The Balaban J connectivity index is 1.78. The minimum absolute atomic E-state index is 0.453. The van der Waals surface area contributed by atoms with Crippen LogP contribution in [-0.2, 0) is 13.0 Å². The van der Waals surface area contributed by atoms with Crippen molar-refractivity contribution >= 4 is 17.3 Å². The lowest BCUT2D eigenvalue weighted by Gasteiger charge is -2.13. The van der Waals surface area contributed by atoms with Crippen molar-refractivity contribution in [2.45, 2.75) is 19.9 Å². The van der Waals surface area contributed by atoms with Crippen LogP contribution < -0.4 is 10.5 Å². The van der Waals surface area contributed by atoms with Gasteiger partial charge in [-0.05, 0) is 48.4 Å². The van der Waals surface area contributed by atoms with Crippen molar-refractivity contribution in [2.24, 2.45) is 0 Å². The Labute approximate surface area is 158 Å². The fraction of sp³-hybridized carbons (Fsp3) is 0.190. The van der Waals surface area contributed by atoms with Crippen molar-refractivity contribution in [1.29, 1.82) is 5.26 Å². The quantitative estimate of drug-likeness (QED) is 0.695. The topological polar surface area (TPSA) is 64.0 Å². The van der Waals surface area contributed by atoms with Gasteiger partial charge in [0.05, 0.1) is 12.2 Å². The van der Waals surface area contributed by atoms with Crippen LogP contribution >= 0.6 is 11.6 Å². The van der Waals surface area contributed by atoms with Gasteiger partial charge in [-0.3, -0.25) is 0 Å². The average molecular weight is 366 g/mol. The Hall–Kier alpha value is -2.90. The van der Waals surface area contributed by atoms with Crippen LogP contribution in [0.2, 0.25) is 5.02 Å². The summed E-state index contributed by atoms with van der Waals surface area (Å²) in [4.78, 5) is 0. The second kappa shape index (κ2) is 7.99. The van der Waals surface area contributed by atoms with Gasteiger partial charge < -0.3 is 15.0 Å². The molecular weight excluding hydrogens is 346 g/mol. The lowest BCUT2D eigenvalue weighted by Crippen LogP contribution is -2.13. The van der Waals surface area contributed by atoms with Crippen molar-refractivity contribution in [2.75, 3.05) is 12.3 Å². The molecule has 0 bridgehead atoms. The van der Waals surface area contributed by atoms with Crippen molar-refractivity contribution in [1.82, 2.24) is 4.57 Å². The third kappa shape index (κ3) is 4.19. The SMILES string of the molecule is Cc1cccc(OCCn2c(C#N)cc(N)c2Cc2cccc(Cl)c2)c1. The van der Waals surface area contributed by atoms with E-state index in [-0.39, 0.29) is 0 Å². The molecule has 0 aliphatic rings. The summed E-state index contributed by atoms with van der Waals surface area (Å²) < 4.78 is 7.75. The van der Waals surface area contributed by atoms with Gasteiger partial charge in [0.1, 0.15) is 24.1 Å². The molecule has 0 saturated carbocycles. The Kier molecular flexibility index (Phi) is 5.50. The van der Waals surface area contributed by atoms with Gasteiger partial charge in [0.2, 0.25) is 0 Å². The van der Waals surface area contributed by atoms with Crippen LogP contribution in [-0.4, -0.2) is 11.2 Å². The Morgan fingerprint density at radius 2 is 1.96 bits per heavy atom. The van der Waals surface area contributed by atoms with Crippen molar-refractivity contribution < 1.29 is 4.74 Å². The van der Waals surface area contributed by atoms with E-state index in [1.165, 1.54) is 0 Å².